The van der Waals surface area contributed by atoms with E-state index in [1.165, 1.54) is 11.3 Å². The van der Waals surface area contributed by atoms with E-state index in [2.05, 4.69) is 37.2 Å². The van der Waals surface area contributed by atoms with E-state index >= 15 is 0 Å². The van der Waals surface area contributed by atoms with Crippen LogP contribution in [0.4, 0.5) is 5.69 Å². The molecule has 0 spiro atoms. The van der Waals surface area contributed by atoms with E-state index in [1.54, 1.807) is 6.07 Å². The minimum Gasteiger partial charge on any atom is -0.396 e. The van der Waals surface area contributed by atoms with Gasteiger partial charge in [-0.3, -0.25) is 4.79 Å². The van der Waals surface area contributed by atoms with Gasteiger partial charge in [0.2, 0.25) is 0 Å². The van der Waals surface area contributed by atoms with Crippen LogP contribution >= 0.6 is 43.2 Å². The number of amides is 1. The predicted molar refractivity (Wildman–Crippen MR) is 84.9 cm³/mol. The number of benzene rings is 1. The van der Waals surface area contributed by atoms with Gasteiger partial charge >= 0.3 is 0 Å². The van der Waals surface area contributed by atoms with Gasteiger partial charge in [-0.05, 0) is 62.0 Å². The average Bonchev–Trinajstić information content (AvgIpc) is 2.72. The standard InChI is InChI=1S/C13H11Br2NO2S/c14-10-7-11(19-12(10)15)13(18)16-9-3-1-8(2-4-9)5-6-17/h1-4,7,17H,5-6H2,(H,16,18). The second-order valence-electron chi connectivity index (χ2n) is 3.86. The van der Waals surface area contributed by atoms with Crippen molar-refractivity contribution in [2.75, 3.05) is 11.9 Å². The SMILES string of the molecule is O=C(Nc1ccc(CCO)cc1)c1cc(Br)c(Br)s1. The quantitative estimate of drug-likeness (QED) is 0.807. The topological polar surface area (TPSA) is 49.3 Å². The van der Waals surface area contributed by atoms with Crippen LogP contribution in [0.25, 0.3) is 0 Å². The van der Waals surface area contributed by atoms with Gasteiger partial charge < -0.3 is 10.4 Å². The Bertz CT molecular complexity index is 561. The summed E-state index contributed by atoms with van der Waals surface area (Å²) in [6.07, 6.45) is 0.624. The summed E-state index contributed by atoms with van der Waals surface area (Å²) in [5.74, 6) is -0.133. The maximum absolute atomic E-state index is 12.0. The molecule has 0 atom stereocenters. The fraction of sp³-hybridized carbons (Fsp3) is 0.154. The van der Waals surface area contributed by atoms with Crippen molar-refractivity contribution in [2.45, 2.75) is 6.42 Å². The summed E-state index contributed by atoms with van der Waals surface area (Å²) in [7, 11) is 0. The fourth-order valence-corrected chi connectivity index (χ4v) is 3.47. The lowest BCUT2D eigenvalue weighted by Gasteiger charge is -2.04. The molecule has 0 aliphatic heterocycles. The van der Waals surface area contributed by atoms with E-state index in [4.69, 9.17) is 5.11 Å². The molecule has 0 aliphatic carbocycles. The van der Waals surface area contributed by atoms with Gasteiger partial charge in [-0.15, -0.1) is 11.3 Å². The largest absolute Gasteiger partial charge is 0.396 e. The van der Waals surface area contributed by atoms with E-state index in [1.807, 2.05) is 24.3 Å². The third-order valence-electron chi connectivity index (χ3n) is 2.48. The summed E-state index contributed by atoms with van der Waals surface area (Å²) in [6, 6.07) is 9.24. The van der Waals surface area contributed by atoms with Crippen LogP contribution in [0.15, 0.2) is 38.6 Å². The normalized spacial score (nSPS) is 10.5. The summed E-state index contributed by atoms with van der Waals surface area (Å²) in [6.45, 7) is 0.128. The average molecular weight is 405 g/mol. The lowest BCUT2D eigenvalue weighted by atomic mass is 10.1. The van der Waals surface area contributed by atoms with Crippen molar-refractivity contribution in [3.8, 4) is 0 Å². The molecule has 0 fully saturated rings. The minimum absolute atomic E-state index is 0.128. The van der Waals surface area contributed by atoms with Crippen molar-refractivity contribution < 1.29 is 9.90 Å². The molecule has 0 unspecified atom stereocenters. The summed E-state index contributed by atoms with van der Waals surface area (Å²) in [4.78, 5) is 12.6. The molecule has 100 valence electrons. The first-order valence-corrected chi connectivity index (χ1v) is 7.96. The Hall–Kier alpha value is -0.690. The van der Waals surface area contributed by atoms with Crippen LogP contribution in [0.3, 0.4) is 0 Å². The highest BCUT2D eigenvalue weighted by molar-refractivity contribution is 9.13. The van der Waals surface area contributed by atoms with Crippen molar-refractivity contribution >= 4 is 54.8 Å². The number of rotatable bonds is 4. The van der Waals surface area contributed by atoms with Crippen LogP contribution in [0.2, 0.25) is 0 Å². The Morgan fingerprint density at radius 3 is 2.47 bits per heavy atom. The number of hydrogen-bond donors (Lipinski definition) is 2. The zero-order valence-electron chi connectivity index (χ0n) is 9.82. The molecule has 1 amide bonds. The van der Waals surface area contributed by atoms with Crippen molar-refractivity contribution in [3.63, 3.8) is 0 Å². The van der Waals surface area contributed by atoms with Gasteiger partial charge in [0.1, 0.15) is 0 Å². The zero-order valence-corrected chi connectivity index (χ0v) is 13.8. The molecule has 19 heavy (non-hydrogen) atoms. The smallest absolute Gasteiger partial charge is 0.265 e. The fourth-order valence-electron chi connectivity index (χ4n) is 1.54. The highest BCUT2D eigenvalue weighted by Crippen LogP contribution is 2.32. The van der Waals surface area contributed by atoms with Crippen molar-refractivity contribution in [1.29, 1.82) is 0 Å². The van der Waals surface area contributed by atoms with Gasteiger partial charge in [0, 0.05) is 16.8 Å². The van der Waals surface area contributed by atoms with Crippen LogP contribution in [0, 0.1) is 0 Å². The molecule has 0 bridgehead atoms. The minimum atomic E-state index is -0.133. The number of halogens is 2. The van der Waals surface area contributed by atoms with Crippen molar-refractivity contribution in [1.82, 2.24) is 0 Å². The maximum Gasteiger partial charge on any atom is 0.265 e. The number of aliphatic hydroxyl groups is 1. The Kier molecular flexibility index (Phi) is 5.15. The lowest BCUT2D eigenvalue weighted by molar-refractivity contribution is 0.103. The summed E-state index contributed by atoms with van der Waals surface area (Å²) < 4.78 is 1.77. The Morgan fingerprint density at radius 1 is 1.26 bits per heavy atom. The summed E-state index contributed by atoms with van der Waals surface area (Å²) in [5.41, 5.74) is 1.79. The molecule has 6 heteroatoms. The molecule has 3 nitrogen and oxygen atoms in total. The third kappa shape index (κ3) is 3.89. The molecule has 0 saturated carbocycles. The van der Waals surface area contributed by atoms with Crippen LogP contribution < -0.4 is 5.32 Å². The molecule has 0 radical (unpaired) electrons. The number of carbonyl (C=O) groups is 1. The first-order valence-electron chi connectivity index (χ1n) is 5.56. The maximum atomic E-state index is 12.0. The Labute approximate surface area is 131 Å². The van der Waals surface area contributed by atoms with Gasteiger partial charge in [-0.1, -0.05) is 12.1 Å². The van der Waals surface area contributed by atoms with Crippen LogP contribution in [-0.4, -0.2) is 17.6 Å². The number of carbonyl (C=O) groups excluding carboxylic acids is 1. The first-order chi connectivity index (χ1) is 9.10. The van der Waals surface area contributed by atoms with E-state index in [0.29, 0.717) is 11.3 Å². The summed E-state index contributed by atoms with van der Waals surface area (Å²) in [5, 5.41) is 11.7. The van der Waals surface area contributed by atoms with Crippen molar-refractivity contribution in [2.24, 2.45) is 0 Å². The predicted octanol–water partition coefficient (Wildman–Crippen LogP) is 4.06. The summed E-state index contributed by atoms with van der Waals surface area (Å²) >= 11 is 8.10. The lowest BCUT2D eigenvalue weighted by Crippen LogP contribution is -2.10. The van der Waals surface area contributed by atoms with E-state index < -0.39 is 0 Å². The molecular weight excluding hydrogens is 394 g/mol. The first kappa shape index (κ1) is 14.7. The van der Waals surface area contributed by atoms with Gasteiger partial charge in [-0.25, -0.2) is 0 Å². The molecule has 2 aromatic rings. The molecule has 1 heterocycles. The highest BCUT2D eigenvalue weighted by atomic mass is 79.9. The van der Waals surface area contributed by atoms with Gasteiger partial charge in [0.15, 0.2) is 0 Å². The second-order valence-corrected chi connectivity index (χ2v) is 7.08. The third-order valence-corrected chi connectivity index (χ3v) is 5.74. The highest BCUT2D eigenvalue weighted by Gasteiger charge is 2.12. The molecule has 0 aliphatic rings. The van der Waals surface area contributed by atoms with Crippen LogP contribution in [0.1, 0.15) is 15.2 Å². The molecule has 1 aromatic heterocycles. The Balaban J connectivity index is 2.06. The van der Waals surface area contributed by atoms with Gasteiger partial charge in [-0.2, -0.15) is 0 Å². The second kappa shape index (κ2) is 6.65. The molecular formula is C13H11Br2NO2S. The van der Waals surface area contributed by atoms with Gasteiger partial charge in [0.05, 0.1) is 8.66 Å². The number of anilines is 1. The van der Waals surface area contributed by atoms with Crippen LogP contribution in [-0.2, 0) is 6.42 Å². The molecule has 0 saturated heterocycles. The Morgan fingerprint density at radius 2 is 1.95 bits per heavy atom. The van der Waals surface area contributed by atoms with Crippen LogP contribution in [0.5, 0.6) is 0 Å². The zero-order chi connectivity index (χ0) is 13.8. The monoisotopic (exact) mass is 403 g/mol. The van der Waals surface area contributed by atoms with Gasteiger partial charge in [0.25, 0.3) is 5.91 Å². The number of aliphatic hydroxyl groups excluding tert-OH is 1. The van der Waals surface area contributed by atoms with Crippen molar-refractivity contribution in [3.05, 3.63) is 49.0 Å². The van der Waals surface area contributed by atoms with E-state index in [-0.39, 0.29) is 12.5 Å². The molecule has 2 N–H and O–H groups in total. The molecule has 1 aromatic carbocycles. The van der Waals surface area contributed by atoms with E-state index in [0.717, 1.165) is 19.5 Å². The van der Waals surface area contributed by atoms with E-state index in [9.17, 15) is 4.79 Å². The number of hydrogen-bond acceptors (Lipinski definition) is 3. The number of nitrogens with one attached hydrogen (secondary N) is 1. The molecule has 2 rings (SSSR count). The number of thiophene rings is 1.